The molecule has 10 radical (unpaired) electrons. The molecule has 2 aliphatic carbocycles. The SMILES string of the molecule is [C-]#[O+].[C-]#[O+].[C-]#[O+].[C-]#[O+].[CH]1[CH][CH][CH][CH]1.[CH]1[CH][CH][CH][CH]1.[Cr].[Cr].[Cr]#[Cr]. The molecule has 0 heterocycles. The molecule has 8 heteroatoms. The van der Waals surface area contributed by atoms with E-state index in [1.54, 1.807) is 0 Å². The van der Waals surface area contributed by atoms with Crippen LogP contribution in [0.4, 0.5) is 0 Å². The van der Waals surface area contributed by atoms with Gasteiger partial charge in [0.05, 0.1) is 0 Å². The van der Waals surface area contributed by atoms with E-state index >= 15 is 0 Å². The Morgan fingerprint density at radius 1 is 0.364 bits per heavy atom. The number of hydrogen-bond donors (Lipinski definition) is 0. The second-order valence-corrected chi connectivity index (χ2v) is 1.92. The molecule has 0 N–H and O–H groups in total. The van der Waals surface area contributed by atoms with Crippen LogP contribution in [0.25, 0.3) is 0 Å². The first-order valence-electron chi connectivity index (χ1n) is 4.32. The van der Waals surface area contributed by atoms with Gasteiger partial charge < -0.3 is 0 Å². The fourth-order valence-electron chi connectivity index (χ4n) is 0.642. The second kappa shape index (κ2) is 79.9. The van der Waals surface area contributed by atoms with Crippen LogP contribution in [0.5, 0.6) is 0 Å². The van der Waals surface area contributed by atoms with E-state index in [1.165, 1.54) is 0 Å². The predicted molar refractivity (Wildman–Crippen MR) is 58.7 cm³/mol. The van der Waals surface area contributed by atoms with Gasteiger partial charge in [-0.25, -0.2) is 0 Å². The van der Waals surface area contributed by atoms with Gasteiger partial charge in [0, 0.05) is 34.7 Å². The van der Waals surface area contributed by atoms with E-state index in [-0.39, 0.29) is 34.7 Å². The van der Waals surface area contributed by atoms with Crippen molar-refractivity contribution in [3.05, 3.63) is 90.8 Å². The summed E-state index contributed by atoms with van der Waals surface area (Å²) < 4.78 is 30.0. The Morgan fingerprint density at radius 2 is 0.409 bits per heavy atom. The minimum atomic E-state index is 0. The Kier molecular flexibility index (Phi) is 158. The van der Waals surface area contributed by atoms with Crippen LogP contribution in [0.3, 0.4) is 0 Å². The first-order chi connectivity index (χ1) is 10.0. The molecule has 2 fully saturated rings. The molecule has 0 spiro atoms. The molecule has 0 amide bonds. The average molecular weight is 450 g/mol. The van der Waals surface area contributed by atoms with E-state index < -0.39 is 0 Å². The zero-order valence-electron chi connectivity index (χ0n) is 11.0. The van der Waals surface area contributed by atoms with Crippen LogP contribution < -0.4 is 0 Å². The normalized spacial score (nSPS) is 11.4. The first-order valence-corrected chi connectivity index (χ1v) is 6.98. The maximum atomic E-state index is 7.50. The molecule has 4 nitrogen and oxygen atoms in total. The molecular weight excluding hydrogens is 440 g/mol. The molecule has 0 unspecified atom stereocenters. The average Bonchev–Trinajstić information content (AvgIpc) is 3.34. The van der Waals surface area contributed by atoms with Crippen molar-refractivity contribution >= 4 is 0 Å². The fourth-order valence-corrected chi connectivity index (χ4v) is 0.642. The van der Waals surface area contributed by atoms with E-state index in [9.17, 15) is 0 Å². The summed E-state index contributed by atoms with van der Waals surface area (Å²) in [7, 11) is 0. The monoisotopic (exact) mass is 450 g/mol. The summed E-state index contributed by atoms with van der Waals surface area (Å²) in [6.07, 6.45) is 20.0. The maximum absolute atomic E-state index is 7.50. The van der Waals surface area contributed by atoms with Crippen molar-refractivity contribution in [2.75, 3.05) is 0 Å². The van der Waals surface area contributed by atoms with Crippen molar-refractivity contribution in [3.8, 4) is 0 Å². The van der Waals surface area contributed by atoms with Gasteiger partial charge in [-0.05, 0) is 64.2 Å². The van der Waals surface area contributed by atoms with Gasteiger partial charge in [-0.15, -0.1) is 0 Å². The van der Waals surface area contributed by atoms with Crippen LogP contribution in [-0.2, 0) is 80.5 Å². The van der Waals surface area contributed by atoms with E-state index in [1.807, 2.05) is 64.2 Å². The third-order valence-corrected chi connectivity index (χ3v) is 1.11. The van der Waals surface area contributed by atoms with Crippen molar-refractivity contribution in [1.29, 1.82) is 0 Å². The molecular formula is C14H10Cr4O4. The molecule has 2 rings (SSSR count). The summed E-state index contributed by atoms with van der Waals surface area (Å²) in [4.78, 5) is 0. The standard InChI is InChI=1S/2C5H5.4CO.4Cr/c2*1-2-4-5-3-1;4*1-2;;;;/h2*1-5H;;;;;;;;. The second-order valence-electron chi connectivity index (χ2n) is 1.92. The number of hydrogen-bond acceptors (Lipinski definition) is 0. The summed E-state index contributed by atoms with van der Waals surface area (Å²) in [5.74, 6) is 0. The van der Waals surface area contributed by atoms with Gasteiger partial charge in [0.1, 0.15) is 0 Å². The third-order valence-electron chi connectivity index (χ3n) is 1.11. The van der Waals surface area contributed by atoms with Crippen molar-refractivity contribution in [2.45, 2.75) is 0 Å². The summed E-state index contributed by atoms with van der Waals surface area (Å²) >= 11 is 5.00. The molecule has 114 valence electrons. The molecule has 0 aliphatic heterocycles. The zero-order valence-corrected chi connectivity index (χ0v) is 16.1. The van der Waals surface area contributed by atoms with Crippen molar-refractivity contribution < 1.29 is 80.5 Å². The van der Waals surface area contributed by atoms with Gasteiger partial charge in [-0.1, -0.05) is 0 Å². The Hall–Kier alpha value is 1.09. The van der Waals surface area contributed by atoms with Crippen LogP contribution in [0.1, 0.15) is 0 Å². The molecule has 2 aliphatic rings. The Labute approximate surface area is 170 Å². The quantitative estimate of drug-likeness (QED) is 0.399. The molecule has 0 bridgehead atoms. The molecule has 0 aromatic rings. The van der Waals surface area contributed by atoms with Gasteiger partial charge in [-0.3, -0.25) is 0 Å². The molecule has 0 saturated heterocycles. The summed E-state index contributed by atoms with van der Waals surface area (Å²) in [6.45, 7) is 18.0. The van der Waals surface area contributed by atoms with Crippen molar-refractivity contribution in [2.24, 2.45) is 0 Å². The molecule has 0 atom stereocenters. The zero-order chi connectivity index (χ0) is 17.1. The molecule has 0 aromatic carbocycles. The van der Waals surface area contributed by atoms with E-state index in [2.05, 4.69) is 53.8 Å². The van der Waals surface area contributed by atoms with Crippen LogP contribution in [0.2, 0.25) is 0 Å². The van der Waals surface area contributed by atoms with Crippen molar-refractivity contribution in [3.63, 3.8) is 0 Å². The Balaban J connectivity index is -0.0000000251. The Morgan fingerprint density at radius 3 is 0.455 bits per heavy atom. The fraction of sp³-hybridized carbons (Fsp3) is 0. The Bertz CT molecular complexity index is 169. The van der Waals surface area contributed by atoms with Crippen LogP contribution in [0, 0.1) is 90.8 Å². The summed E-state index contributed by atoms with van der Waals surface area (Å²) in [5, 5.41) is 0. The molecule has 0 aromatic heterocycles. The molecule has 22 heavy (non-hydrogen) atoms. The summed E-state index contributed by atoms with van der Waals surface area (Å²) in [6, 6.07) is 0. The van der Waals surface area contributed by atoms with E-state index in [0.717, 1.165) is 0 Å². The molecule has 2 saturated carbocycles. The third kappa shape index (κ3) is 69.2. The minimum absolute atomic E-state index is 0. The summed E-state index contributed by atoms with van der Waals surface area (Å²) in [5.41, 5.74) is 0. The van der Waals surface area contributed by atoms with E-state index in [0.29, 0.717) is 0 Å². The first kappa shape index (κ1) is 43.5. The number of rotatable bonds is 0. The topological polar surface area (TPSA) is 79.6 Å². The van der Waals surface area contributed by atoms with Gasteiger partial charge in [0.25, 0.3) is 0 Å². The van der Waals surface area contributed by atoms with Gasteiger partial charge >= 0.3 is 72.4 Å². The van der Waals surface area contributed by atoms with Gasteiger partial charge in [0.2, 0.25) is 0 Å². The predicted octanol–water partition coefficient (Wildman–Crippen LogP) is 1.88. The van der Waals surface area contributed by atoms with Crippen LogP contribution in [-0.4, -0.2) is 0 Å². The van der Waals surface area contributed by atoms with Crippen LogP contribution in [0.15, 0.2) is 0 Å². The van der Waals surface area contributed by atoms with Crippen molar-refractivity contribution in [1.82, 2.24) is 0 Å². The van der Waals surface area contributed by atoms with Gasteiger partial charge in [0.15, 0.2) is 0 Å². The van der Waals surface area contributed by atoms with Crippen LogP contribution >= 0.6 is 0 Å². The van der Waals surface area contributed by atoms with Gasteiger partial charge in [-0.2, -0.15) is 0 Å². The van der Waals surface area contributed by atoms with E-state index in [4.69, 9.17) is 18.6 Å².